The van der Waals surface area contributed by atoms with Gasteiger partial charge in [0.1, 0.15) is 17.5 Å². The summed E-state index contributed by atoms with van der Waals surface area (Å²) in [6.07, 6.45) is 26.2. The van der Waals surface area contributed by atoms with Gasteiger partial charge in [0.2, 0.25) is 23.3 Å². The number of nitrogens with zero attached hydrogens (tertiary/aromatic N) is 22. The van der Waals surface area contributed by atoms with Crippen molar-refractivity contribution in [3.63, 3.8) is 0 Å². The molecular weight excluding hydrogens is 1330 g/mol. The Bertz CT molecular complexity index is 5690. The minimum Gasteiger partial charge on any atom is -0.481 e. The molecule has 9 saturated heterocycles. The number of nitrogens with one attached hydrogen (secondary N) is 3. The molecule has 24 heterocycles. The molecule has 15 aromatic heterocycles. The van der Waals surface area contributed by atoms with E-state index in [1.54, 1.807) is 44.4 Å². The van der Waals surface area contributed by atoms with Crippen LogP contribution in [0.2, 0.25) is 0 Å². The van der Waals surface area contributed by atoms with Crippen LogP contribution in [0.4, 0.5) is 28.8 Å². The van der Waals surface area contributed by atoms with E-state index < -0.39 is 0 Å². The molecule has 0 spiro atoms. The van der Waals surface area contributed by atoms with Crippen LogP contribution in [0.3, 0.4) is 0 Å². The molecule has 0 aliphatic carbocycles. The summed E-state index contributed by atoms with van der Waals surface area (Å²) in [7, 11) is 4.92. The van der Waals surface area contributed by atoms with E-state index >= 15 is 0 Å². The van der Waals surface area contributed by atoms with Crippen molar-refractivity contribution in [1.82, 2.24) is 104 Å². The molecule has 9 aliphatic rings. The first-order valence-corrected chi connectivity index (χ1v) is 35.2. The quantitative estimate of drug-likeness (QED) is 0.0694. The molecule has 105 heavy (non-hydrogen) atoms. The molecule has 9 aliphatic heterocycles. The van der Waals surface area contributed by atoms with Crippen molar-refractivity contribution in [2.45, 2.75) is 75.1 Å². The lowest BCUT2D eigenvalue weighted by Crippen LogP contribution is -2.68. The second-order valence-electron chi connectivity index (χ2n) is 27.8. The maximum Gasteiger partial charge on any atom is 0.212 e. The molecular formula is C76H72N26O3. The Morgan fingerprint density at radius 3 is 1.18 bits per heavy atom. The van der Waals surface area contributed by atoms with E-state index in [1.165, 1.54) is 36.0 Å². The average molecular weight is 1400 g/mol. The fourth-order valence-electron chi connectivity index (χ4n) is 16.5. The lowest BCUT2D eigenvalue weighted by atomic mass is 9.87. The van der Waals surface area contributed by atoms with Crippen molar-refractivity contribution in [2.75, 3.05) is 81.0 Å². The number of rotatable bonds is 15. The Morgan fingerprint density at radius 2 is 0.810 bits per heavy atom. The van der Waals surface area contributed by atoms with E-state index in [9.17, 15) is 0 Å². The van der Waals surface area contributed by atoms with E-state index in [0.29, 0.717) is 70.9 Å². The molecule has 0 saturated carbocycles. The first kappa shape index (κ1) is 63.3. The summed E-state index contributed by atoms with van der Waals surface area (Å²) in [5, 5.41) is 37.7. The number of anilines is 4. The van der Waals surface area contributed by atoms with E-state index in [4.69, 9.17) is 41.5 Å². The van der Waals surface area contributed by atoms with Crippen molar-refractivity contribution >= 4 is 78.5 Å². The number of hydrogen-bond acceptors (Lipinski definition) is 22. The average Bonchev–Trinajstić information content (AvgIpc) is 1.18. The minimum absolute atomic E-state index is 0.517. The summed E-state index contributed by atoms with van der Waals surface area (Å²) < 4.78 is 21.0. The molecule has 24 rings (SSSR count). The molecule has 524 valence electrons. The molecule has 6 bridgehead atoms. The van der Waals surface area contributed by atoms with Crippen molar-refractivity contribution < 1.29 is 14.2 Å². The van der Waals surface area contributed by atoms with Crippen LogP contribution >= 0.6 is 0 Å². The number of pyridine rings is 9. The summed E-state index contributed by atoms with van der Waals surface area (Å²) in [5.74, 6) is 4.99. The van der Waals surface area contributed by atoms with Gasteiger partial charge in [-0.15, -0.1) is 15.3 Å². The Morgan fingerprint density at radius 1 is 0.429 bits per heavy atom. The summed E-state index contributed by atoms with van der Waals surface area (Å²) in [4.78, 5) is 46.1. The van der Waals surface area contributed by atoms with Gasteiger partial charge in [-0.05, 0) is 96.1 Å². The van der Waals surface area contributed by atoms with E-state index in [1.807, 2.05) is 101 Å². The van der Waals surface area contributed by atoms with Crippen molar-refractivity contribution in [3.8, 4) is 51.0 Å². The van der Waals surface area contributed by atoms with Crippen LogP contribution in [0.1, 0.15) is 36.0 Å². The van der Waals surface area contributed by atoms with Crippen molar-refractivity contribution in [2.24, 2.45) is 0 Å². The first-order valence-electron chi connectivity index (χ1n) is 35.2. The van der Waals surface area contributed by atoms with Gasteiger partial charge >= 0.3 is 0 Å². The third-order valence-electron chi connectivity index (χ3n) is 21.7. The number of ether oxygens (including phenoxy) is 3. The summed E-state index contributed by atoms with van der Waals surface area (Å²) in [6, 6.07) is 36.0. The standard InChI is InChI=1S/C26H23N9O.C25H25N9O.C25H24N8O/c1-27-18-7-21(25-22-11-30-31-26(22)32-35(25)13-18)17-4-5-23(28-10-17)33-14-19-8-20(15-33)34(19)12-16-3-6-24(36-2)29-9-16;1-35-23-5-2-15(8-28-23)11-33-18-7-19(33)14-32(13-18)22-4-3-16(9-27-22)20-6-17(26)12-34-24(20)21-10-29-30-25(21)31-34;1-34-23-7-4-16(10-27-23)13-32-18-9-19(32)15-31(14-18)22-6-5-17(11-26-22)20-3-2-8-33-24(20)21-12-28-29-25(21)30-33/h3-7,9-11,13,19-20H,8,12,14-15H2,2H3,(H,31,32);2-6,8-10,12,18-19H,7,11,13-14,26H2,1H3,(H,30,31);2-8,10-12,18-19H,9,13-15H2,1H3,(H,29,30). The number of nitrogen functional groups attached to an aromatic ring is 1. The van der Waals surface area contributed by atoms with Crippen molar-refractivity contribution in [1.29, 1.82) is 0 Å². The van der Waals surface area contributed by atoms with Gasteiger partial charge in [0.15, 0.2) is 16.9 Å². The monoisotopic (exact) mass is 1400 g/mol. The Balaban J connectivity index is 0.000000108. The molecule has 0 aromatic carbocycles. The smallest absolute Gasteiger partial charge is 0.212 e. The van der Waals surface area contributed by atoms with Crippen LogP contribution in [0.5, 0.6) is 17.6 Å². The lowest BCUT2D eigenvalue weighted by molar-refractivity contribution is -0.00879. The van der Waals surface area contributed by atoms with Gasteiger partial charge in [-0.1, -0.05) is 24.3 Å². The molecule has 29 heteroatoms. The molecule has 0 amide bonds. The highest BCUT2D eigenvalue weighted by molar-refractivity contribution is 6.03. The third kappa shape index (κ3) is 11.5. The summed E-state index contributed by atoms with van der Waals surface area (Å²) in [6.45, 7) is 16.1. The number of piperazine rings is 3. The molecule has 15 aromatic rings. The van der Waals surface area contributed by atoms with Crippen LogP contribution in [-0.4, -0.2) is 201 Å². The highest BCUT2D eigenvalue weighted by atomic mass is 16.5. The van der Waals surface area contributed by atoms with Crippen LogP contribution in [-0.2, 0) is 19.6 Å². The predicted molar refractivity (Wildman–Crippen MR) is 397 cm³/mol. The number of hydrogen-bond donors (Lipinski definition) is 4. The van der Waals surface area contributed by atoms with Crippen LogP contribution < -0.4 is 34.6 Å². The second kappa shape index (κ2) is 26.0. The van der Waals surface area contributed by atoms with Crippen LogP contribution in [0.15, 0.2) is 171 Å². The third-order valence-corrected chi connectivity index (χ3v) is 21.7. The van der Waals surface area contributed by atoms with E-state index in [-0.39, 0.29) is 0 Å². The van der Waals surface area contributed by atoms with Crippen LogP contribution in [0.25, 0.3) is 87.9 Å². The van der Waals surface area contributed by atoms with Crippen molar-refractivity contribution in [3.05, 3.63) is 200 Å². The minimum atomic E-state index is 0.517. The zero-order chi connectivity index (χ0) is 70.4. The number of nitrogens with two attached hydrogens (primary N) is 1. The number of aromatic amines is 3. The molecule has 0 radical (unpaired) electrons. The van der Waals surface area contributed by atoms with E-state index in [0.717, 1.165) is 154 Å². The van der Waals surface area contributed by atoms with Gasteiger partial charge in [0.25, 0.3) is 0 Å². The SMILES string of the molecule is COc1ccc(CN2C3CC2CN(c2ccc(-c4cc(N)cn5nc6[nH]ncc6c45)cn2)C3)cn1.COc1ccc(CN2C3CC2CN(c2ccc(-c4cccn5nc6[nH]ncc6c45)cn2)C3)cn1.[C-]#[N+]c1cc(-c2ccc(N3CC4CC(C3)N4Cc3ccc(OC)nc3)nc2)c2c3cn[nH]c3nn2c1. The predicted octanol–water partition coefficient (Wildman–Crippen LogP) is 9.55. The van der Waals surface area contributed by atoms with Gasteiger partial charge in [-0.3, -0.25) is 30.0 Å². The Kier molecular flexibility index (Phi) is 15.7. The zero-order valence-electron chi connectivity index (χ0n) is 57.8. The lowest BCUT2D eigenvalue weighted by Gasteiger charge is -2.56. The number of piperidine rings is 3. The van der Waals surface area contributed by atoms with E-state index in [2.05, 4.69) is 156 Å². The molecule has 9 fully saturated rings. The number of H-pyrrole nitrogens is 3. The highest BCUT2D eigenvalue weighted by Crippen LogP contribution is 2.42. The largest absolute Gasteiger partial charge is 0.481 e. The normalized spacial score (nSPS) is 19.8. The first-order chi connectivity index (χ1) is 51.6. The van der Waals surface area contributed by atoms with Gasteiger partial charge in [0.05, 0.1) is 91.1 Å². The summed E-state index contributed by atoms with van der Waals surface area (Å²) >= 11 is 0. The maximum absolute atomic E-state index is 7.50. The molecule has 5 N–H and O–H groups in total. The molecule has 6 unspecified atom stereocenters. The van der Waals surface area contributed by atoms with Gasteiger partial charge in [-0.2, -0.15) is 15.3 Å². The highest BCUT2D eigenvalue weighted by Gasteiger charge is 2.47. The zero-order valence-corrected chi connectivity index (χ0v) is 57.8. The fraction of sp³-hybridized carbons (Fsp3) is 0.276. The van der Waals surface area contributed by atoms with Gasteiger partial charge in [0, 0.05) is 191 Å². The molecule has 6 atom stereocenters. The Hall–Kier alpha value is -12.7. The Labute approximate surface area is 600 Å². The maximum atomic E-state index is 7.50. The molecule has 29 nitrogen and oxygen atoms in total. The number of aromatic nitrogens is 18. The number of fused-ring (bicyclic) bond motifs is 15. The van der Waals surface area contributed by atoms with Gasteiger partial charge in [-0.25, -0.2) is 48.3 Å². The van der Waals surface area contributed by atoms with Gasteiger partial charge < -0.3 is 34.6 Å². The number of methoxy groups -OCH3 is 3. The van der Waals surface area contributed by atoms with Crippen LogP contribution in [0, 0.1) is 6.57 Å². The topological polar surface area (TPSA) is 293 Å². The fourth-order valence-corrected chi connectivity index (χ4v) is 16.5. The summed E-state index contributed by atoms with van der Waals surface area (Å²) in [5.41, 5.74) is 22.2. The second-order valence-corrected chi connectivity index (χ2v) is 27.8.